The minimum absolute atomic E-state index is 0.225. The summed E-state index contributed by atoms with van der Waals surface area (Å²) in [6, 6.07) is 10.8. The van der Waals surface area contributed by atoms with E-state index in [9.17, 15) is 0 Å². The molecule has 1 aromatic carbocycles. The van der Waals surface area contributed by atoms with Crippen molar-refractivity contribution in [3.05, 3.63) is 46.2 Å². The van der Waals surface area contributed by atoms with E-state index in [4.69, 9.17) is 9.47 Å². The van der Waals surface area contributed by atoms with Gasteiger partial charge in [-0.05, 0) is 55.5 Å². The lowest BCUT2D eigenvalue weighted by atomic mass is 9.79. The molecule has 3 rings (SSSR count). The summed E-state index contributed by atoms with van der Waals surface area (Å²) in [5.74, 6) is 1.61. The summed E-state index contributed by atoms with van der Waals surface area (Å²) in [6.07, 6.45) is 7.60. The molecule has 4 heteroatoms. The van der Waals surface area contributed by atoms with Crippen LogP contribution in [0.2, 0.25) is 0 Å². The Morgan fingerprint density at radius 3 is 2.44 bits per heavy atom. The van der Waals surface area contributed by atoms with Crippen molar-refractivity contribution in [1.29, 1.82) is 0 Å². The number of nitrogens with zero attached hydrogens (tertiary/aromatic N) is 1. The Labute approximate surface area is 155 Å². The number of benzene rings is 1. The molecule has 1 aliphatic rings. The fourth-order valence-electron chi connectivity index (χ4n) is 4.04. The largest absolute Gasteiger partial charge is 0.493 e. The highest BCUT2D eigenvalue weighted by molar-refractivity contribution is 7.10. The lowest BCUT2D eigenvalue weighted by Crippen LogP contribution is -2.45. The Hall–Kier alpha value is -1.52. The van der Waals surface area contributed by atoms with E-state index in [0.717, 1.165) is 24.5 Å². The monoisotopic (exact) mass is 359 g/mol. The van der Waals surface area contributed by atoms with Crippen LogP contribution in [0, 0.1) is 0 Å². The summed E-state index contributed by atoms with van der Waals surface area (Å²) in [5.41, 5.74) is 1.52. The Morgan fingerprint density at radius 2 is 1.80 bits per heavy atom. The first-order valence-corrected chi connectivity index (χ1v) is 10.0. The smallest absolute Gasteiger partial charge is 0.160 e. The lowest BCUT2D eigenvalue weighted by Gasteiger charge is -2.44. The van der Waals surface area contributed by atoms with Gasteiger partial charge in [0.2, 0.25) is 0 Å². The predicted octanol–water partition coefficient (Wildman–Crippen LogP) is 5.10. The molecule has 0 unspecified atom stereocenters. The van der Waals surface area contributed by atoms with Gasteiger partial charge in [0.05, 0.1) is 19.8 Å². The van der Waals surface area contributed by atoms with Gasteiger partial charge in [0.25, 0.3) is 0 Å². The second-order valence-corrected chi connectivity index (χ2v) is 7.88. The number of methoxy groups -OCH3 is 2. The highest BCUT2D eigenvalue weighted by Gasteiger charge is 2.38. The van der Waals surface area contributed by atoms with Crippen LogP contribution in [-0.2, 0) is 12.0 Å². The molecule has 3 nitrogen and oxygen atoms in total. The molecule has 1 fully saturated rings. The molecule has 2 aromatic rings. The molecule has 0 N–H and O–H groups in total. The topological polar surface area (TPSA) is 21.7 Å². The van der Waals surface area contributed by atoms with Crippen molar-refractivity contribution >= 4 is 11.3 Å². The van der Waals surface area contributed by atoms with E-state index in [1.165, 1.54) is 42.5 Å². The van der Waals surface area contributed by atoms with Gasteiger partial charge in [-0.15, -0.1) is 11.3 Å². The van der Waals surface area contributed by atoms with E-state index in [-0.39, 0.29) is 5.54 Å². The van der Waals surface area contributed by atoms with Crippen LogP contribution in [0.1, 0.15) is 42.5 Å². The number of thiophene rings is 1. The van der Waals surface area contributed by atoms with Gasteiger partial charge in [-0.3, -0.25) is 4.90 Å². The molecular weight excluding hydrogens is 330 g/mol. The van der Waals surface area contributed by atoms with Gasteiger partial charge in [0.1, 0.15) is 0 Å². The zero-order valence-electron chi connectivity index (χ0n) is 15.6. The highest BCUT2D eigenvalue weighted by atomic mass is 32.1. The van der Waals surface area contributed by atoms with Gasteiger partial charge in [-0.25, -0.2) is 0 Å². The van der Waals surface area contributed by atoms with Crippen LogP contribution in [-0.4, -0.2) is 32.7 Å². The van der Waals surface area contributed by atoms with E-state index < -0.39 is 0 Å². The normalized spacial score (nSPS) is 16.8. The molecule has 0 spiro atoms. The van der Waals surface area contributed by atoms with E-state index in [2.05, 4.69) is 41.6 Å². The number of rotatable bonds is 7. The Balaban J connectivity index is 1.73. The minimum Gasteiger partial charge on any atom is -0.493 e. The zero-order valence-corrected chi connectivity index (χ0v) is 16.4. The third-order valence-electron chi connectivity index (χ3n) is 5.58. The second-order valence-electron chi connectivity index (χ2n) is 6.93. The molecule has 0 amide bonds. The van der Waals surface area contributed by atoms with Crippen LogP contribution in [0.5, 0.6) is 11.5 Å². The van der Waals surface area contributed by atoms with Gasteiger partial charge in [-0.2, -0.15) is 0 Å². The number of hydrogen-bond acceptors (Lipinski definition) is 4. The van der Waals surface area contributed by atoms with Crippen LogP contribution in [0.3, 0.4) is 0 Å². The van der Waals surface area contributed by atoms with Crippen molar-refractivity contribution in [1.82, 2.24) is 4.90 Å². The molecule has 1 aromatic heterocycles. The van der Waals surface area contributed by atoms with Crippen LogP contribution in [0.25, 0.3) is 0 Å². The molecule has 0 aliphatic heterocycles. The van der Waals surface area contributed by atoms with Gasteiger partial charge in [0, 0.05) is 11.4 Å². The van der Waals surface area contributed by atoms with Gasteiger partial charge < -0.3 is 9.47 Å². The summed E-state index contributed by atoms with van der Waals surface area (Å²) in [5, 5.41) is 2.22. The standard InChI is InChI=1S/C21H29NO2S/c1-22(14-11-17-9-10-18(23-2)19(16-17)24-3)21(12-5-4-6-13-21)20-8-7-15-25-20/h7-10,15-16H,4-6,11-14H2,1-3H3. The molecule has 136 valence electrons. The summed E-state index contributed by atoms with van der Waals surface area (Å²) >= 11 is 1.91. The average molecular weight is 360 g/mol. The van der Waals surface area contributed by atoms with E-state index in [1.807, 2.05) is 17.4 Å². The van der Waals surface area contributed by atoms with Crippen molar-refractivity contribution in [3.8, 4) is 11.5 Å². The number of hydrogen-bond donors (Lipinski definition) is 0. The van der Waals surface area contributed by atoms with Crippen molar-refractivity contribution < 1.29 is 9.47 Å². The first-order chi connectivity index (χ1) is 12.2. The molecule has 0 bridgehead atoms. The quantitative estimate of drug-likeness (QED) is 0.686. The molecule has 0 atom stereocenters. The summed E-state index contributed by atoms with van der Waals surface area (Å²) in [7, 11) is 5.67. The Bertz CT molecular complexity index is 663. The first kappa shape index (κ1) is 18.3. The Morgan fingerprint density at radius 1 is 1.04 bits per heavy atom. The third-order valence-corrected chi connectivity index (χ3v) is 6.64. The molecule has 0 radical (unpaired) electrons. The molecule has 25 heavy (non-hydrogen) atoms. The zero-order chi connectivity index (χ0) is 17.7. The SMILES string of the molecule is COc1ccc(CCN(C)C2(c3cccs3)CCCCC2)cc1OC. The van der Waals surface area contributed by atoms with Crippen molar-refractivity contribution in [2.45, 2.75) is 44.1 Å². The maximum atomic E-state index is 5.44. The van der Waals surface area contributed by atoms with Gasteiger partial charge >= 0.3 is 0 Å². The molecular formula is C21H29NO2S. The number of ether oxygens (including phenoxy) is 2. The maximum absolute atomic E-state index is 5.44. The maximum Gasteiger partial charge on any atom is 0.160 e. The van der Waals surface area contributed by atoms with Crippen LogP contribution < -0.4 is 9.47 Å². The van der Waals surface area contributed by atoms with E-state index >= 15 is 0 Å². The van der Waals surface area contributed by atoms with Crippen LogP contribution in [0.15, 0.2) is 35.7 Å². The lowest BCUT2D eigenvalue weighted by molar-refractivity contribution is 0.0771. The molecule has 0 saturated heterocycles. The summed E-state index contributed by atoms with van der Waals surface area (Å²) < 4.78 is 10.8. The highest BCUT2D eigenvalue weighted by Crippen LogP contribution is 2.43. The first-order valence-electron chi connectivity index (χ1n) is 9.16. The van der Waals surface area contributed by atoms with Gasteiger partial charge in [0.15, 0.2) is 11.5 Å². The van der Waals surface area contributed by atoms with E-state index in [0.29, 0.717) is 0 Å². The average Bonchev–Trinajstić information content (AvgIpc) is 3.21. The van der Waals surface area contributed by atoms with Crippen molar-refractivity contribution in [3.63, 3.8) is 0 Å². The summed E-state index contributed by atoms with van der Waals surface area (Å²) in [6.45, 7) is 1.05. The predicted molar refractivity (Wildman–Crippen MR) is 105 cm³/mol. The van der Waals surface area contributed by atoms with Crippen molar-refractivity contribution in [2.24, 2.45) is 0 Å². The molecule has 1 saturated carbocycles. The minimum atomic E-state index is 0.225. The molecule has 1 heterocycles. The third kappa shape index (κ3) is 3.85. The second kappa shape index (κ2) is 8.24. The van der Waals surface area contributed by atoms with Crippen LogP contribution >= 0.6 is 11.3 Å². The Kier molecular flexibility index (Phi) is 6.02. The fraction of sp³-hybridized carbons (Fsp3) is 0.524. The number of likely N-dealkylation sites (N-methyl/N-ethyl adjacent to an activating group) is 1. The van der Waals surface area contributed by atoms with Crippen molar-refractivity contribution in [2.75, 3.05) is 27.8 Å². The summed E-state index contributed by atoms with van der Waals surface area (Å²) in [4.78, 5) is 4.12. The fourth-order valence-corrected chi connectivity index (χ4v) is 5.08. The van der Waals surface area contributed by atoms with Crippen LogP contribution in [0.4, 0.5) is 0 Å². The van der Waals surface area contributed by atoms with E-state index in [1.54, 1.807) is 14.2 Å². The molecule has 1 aliphatic carbocycles. The van der Waals surface area contributed by atoms with Gasteiger partial charge in [-0.1, -0.05) is 31.4 Å².